The second-order valence-electron chi connectivity index (χ2n) is 9.38. The molecule has 0 saturated carbocycles. The van der Waals surface area contributed by atoms with Crippen molar-refractivity contribution in [1.29, 1.82) is 0 Å². The average Bonchev–Trinajstić information content (AvgIpc) is 2.98. The zero-order valence-electron chi connectivity index (χ0n) is 17.7. The lowest BCUT2D eigenvalue weighted by Gasteiger charge is -2.43. The molecule has 7 nitrogen and oxygen atoms in total. The fourth-order valence-electron chi connectivity index (χ4n) is 4.07. The number of fused-ring (bicyclic) bond motifs is 3. The summed E-state index contributed by atoms with van der Waals surface area (Å²) in [6.45, 7) is 8.45. The Balaban J connectivity index is 1.66. The van der Waals surface area contributed by atoms with Crippen LogP contribution in [-0.4, -0.2) is 45.7 Å². The Morgan fingerprint density at radius 1 is 1.40 bits per heavy atom. The number of benzene rings is 1. The molecule has 2 atom stereocenters. The smallest absolute Gasteiger partial charge is 0.244 e. The molecule has 0 aliphatic carbocycles. The first kappa shape index (κ1) is 21.1. The molecule has 1 aromatic carbocycles. The molecule has 1 saturated heterocycles. The number of nitrogens with zero attached hydrogens (tertiary/aromatic N) is 1. The monoisotopic (exact) mass is 429 g/mol. The highest BCUT2D eigenvalue weighted by atomic mass is 35.5. The van der Waals surface area contributed by atoms with Crippen LogP contribution in [0.5, 0.6) is 0 Å². The molecule has 8 heteroatoms. The highest BCUT2D eigenvalue weighted by Crippen LogP contribution is 2.33. The maximum Gasteiger partial charge on any atom is 0.244 e. The van der Waals surface area contributed by atoms with E-state index in [2.05, 4.69) is 20.6 Å². The lowest BCUT2D eigenvalue weighted by atomic mass is 9.90. The van der Waals surface area contributed by atoms with Crippen LogP contribution in [0.4, 0.5) is 5.69 Å². The standard InChI is InChI=1S/C22H28ClN5O2/c1-21(2,24)9-17-19(26-11-22(3,4)30-17)20(29)28-15-8-12(23)7-14-13-5-6-25-10-16(13)27-18(14)15/h5-8,10,17,19,26-27H,9,11,24H2,1-4H3,(H,28,29). The summed E-state index contributed by atoms with van der Waals surface area (Å²) in [7, 11) is 0. The van der Waals surface area contributed by atoms with Gasteiger partial charge in [-0.1, -0.05) is 11.6 Å². The normalized spacial score (nSPS) is 21.8. The molecule has 1 aliphatic rings. The van der Waals surface area contributed by atoms with Crippen LogP contribution in [0.3, 0.4) is 0 Å². The van der Waals surface area contributed by atoms with Crippen molar-refractivity contribution < 1.29 is 9.53 Å². The second-order valence-corrected chi connectivity index (χ2v) is 9.82. The third kappa shape index (κ3) is 4.30. The summed E-state index contributed by atoms with van der Waals surface area (Å²) in [6.07, 6.45) is 3.69. The van der Waals surface area contributed by atoms with E-state index in [9.17, 15) is 4.79 Å². The predicted molar refractivity (Wildman–Crippen MR) is 121 cm³/mol. The number of amides is 1. The van der Waals surface area contributed by atoms with E-state index >= 15 is 0 Å². The van der Waals surface area contributed by atoms with Crippen LogP contribution in [0.25, 0.3) is 21.8 Å². The Morgan fingerprint density at radius 2 is 2.17 bits per heavy atom. The summed E-state index contributed by atoms with van der Waals surface area (Å²) < 4.78 is 6.24. The number of hydrogen-bond acceptors (Lipinski definition) is 5. The minimum absolute atomic E-state index is 0.180. The molecule has 1 aliphatic heterocycles. The first-order valence-electron chi connectivity index (χ1n) is 10.1. The van der Waals surface area contributed by atoms with Crippen LogP contribution in [0.1, 0.15) is 34.1 Å². The lowest BCUT2D eigenvalue weighted by molar-refractivity contribution is -0.143. The van der Waals surface area contributed by atoms with Gasteiger partial charge in [-0.2, -0.15) is 0 Å². The number of anilines is 1. The largest absolute Gasteiger partial charge is 0.369 e. The zero-order chi connectivity index (χ0) is 21.7. The number of H-pyrrole nitrogens is 1. The average molecular weight is 430 g/mol. The van der Waals surface area contributed by atoms with Gasteiger partial charge in [0.2, 0.25) is 5.91 Å². The molecule has 1 fully saturated rings. The van der Waals surface area contributed by atoms with Gasteiger partial charge in [-0.25, -0.2) is 0 Å². The molecule has 1 amide bonds. The highest BCUT2D eigenvalue weighted by molar-refractivity contribution is 6.33. The molecule has 4 rings (SSSR count). The SMILES string of the molecule is CC(C)(N)CC1OC(C)(C)CNC1C(=O)Nc1cc(Cl)cc2c1[nH]c1cnccc12. The van der Waals surface area contributed by atoms with Crippen LogP contribution < -0.4 is 16.4 Å². The number of morpholine rings is 1. The fourth-order valence-corrected chi connectivity index (χ4v) is 4.29. The summed E-state index contributed by atoms with van der Waals surface area (Å²) in [5.41, 5.74) is 7.71. The summed E-state index contributed by atoms with van der Waals surface area (Å²) in [5, 5.41) is 8.87. The van der Waals surface area contributed by atoms with Crippen molar-refractivity contribution in [2.24, 2.45) is 5.73 Å². The molecule has 0 radical (unpaired) electrons. The summed E-state index contributed by atoms with van der Waals surface area (Å²) >= 11 is 6.37. The molecule has 160 valence electrons. The van der Waals surface area contributed by atoms with E-state index in [1.165, 1.54) is 0 Å². The second kappa shape index (κ2) is 7.50. The Morgan fingerprint density at radius 3 is 2.90 bits per heavy atom. The number of aromatic amines is 1. The minimum Gasteiger partial charge on any atom is -0.369 e. The maximum atomic E-state index is 13.3. The van der Waals surface area contributed by atoms with Crippen molar-refractivity contribution in [3.63, 3.8) is 0 Å². The third-order valence-corrected chi connectivity index (χ3v) is 5.55. The number of hydrogen-bond donors (Lipinski definition) is 4. The Bertz CT molecular complexity index is 1100. The van der Waals surface area contributed by atoms with E-state index in [0.717, 1.165) is 21.8 Å². The molecule has 5 N–H and O–H groups in total. The quantitative estimate of drug-likeness (QED) is 0.507. The van der Waals surface area contributed by atoms with Crippen LogP contribution in [0, 0.1) is 0 Å². The highest BCUT2D eigenvalue weighted by Gasteiger charge is 2.41. The molecule has 0 spiro atoms. The van der Waals surface area contributed by atoms with E-state index in [1.807, 2.05) is 39.8 Å². The van der Waals surface area contributed by atoms with Crippen LogP contribution >= 0.6 is 11.6 Å². The Labute approximate surface area is 180 Å². The lowest BCUT2D eigenvalue weighted by Crippen LogP contribution is -2.62. The summed E-state index contributed by atoms with van der Waals surface area (Å²) in [6, 6.07) is 5.03. The van der Waals surface area contributed by atoms with E-state index < -0.39 is 11.6 Å². The van der Waals surface area contributed by atoms with Crippen molar-refractivity contribution in [3.8, 4) is 0 Å². The zero-order valence-corrected chi connectivity index (χ0v) is 18.4. The molecule has 2 unspecified atom stereocenters. The van der Waals surface area contributed by atoms with Crippen molar-refractivity contribution >= 4 is 45.0 Å². The molecule has 3 heterocycles. The van der Waals surface area contributed by atoms with E-state index in [0.29, 0.717) is 23.7 Å². The molecular formula is C22H28ClN5O2. The van der Waals surface area contributed by atoms with Gasteiger partial charge in [0, 0.05) is 34.1 Å². The molecule has 30 heavy (non-hydrogen) atoms. The number of pyridine rings is 1. The first-order chi connectivity index (χ1) is 14.0. The van der Waals surface area contributed by atoms with Gasteiger partial charge in [0.15, 0.2) is 0 Å². The van der Waals surface area contributed by atoms with Crippen molar-refractivity contribution in [1.82, 2.24) is 15.3 Å². The Kier molecular flexibility index (Phi) is 5.26. The van der Waals surface area contributed by atoms with Gasteiger partial charge in [0.05, 0.1) is 34.6 Å². The van der Waals surface area contributed by atoms with Gasteiger partial charge in [-0.15, -0.1) is 0 Å². The molecule has 2 aromatic heterocycles. The molecule has 0 bridgehead atoms. The van der Waals surface area contributed by atoms with Crippen molar-refractivity contribution in [2.75, 3.05) is 11.9 Å². The third-order valence-electron chi connectivity index (χ3n) is 5.33. The fraction of sp³-hybridized carbons (Fsp3) is 0.455. The van der Waals surface area contributed by atoms with Gasteiger partial charge < -0.3 is 26.1 Å². The van der Waals surface area contributed by atoms with Crippen LogP contribution in [0.15, 0.2) is 30.6 Å². The van der Waals surface area contributed by atoms with Crippen LogP contribution in [-0.2, 0) is 9.53 Å². The Hall–Kier alpha value is -2.19. The topological polar surface area (TPSA) is 105 Å². The van der Waals surface area contributed by atoms with E-state index in [1.54, 1.807) is 18.5 Å². The van der Waals surface area contributed by atoms with E-state index in [4.69, 9.17) is 22.1 Å². The van der Waals surface area contributed by atoms with Gasteiger partial charge in [-0.3, -0.25) is 9.78 Å². The van der Waals surface area contributed by atoms with E-state index in [-0.39, 0.29) is 17.6 Å². The minimum atomic E-state index is -0.527. The number of carbonyl (C=O) groups excluding carboxylic acids is 1. The van der Waals surface area contributed by atoms with Gasteiger partial charge >= 0.3 is 0 Å². The molecular weight excluding hydrogens is 402 g/mol. The van der Waals surface area contributed by atoms with Gasteiger partial charge in [0.1, 0.15) is 6.04 Å². The van der Waals surface area contributed by atoms with Crippen molar-refractivity contribution in [2.45, 2.75) is 57.4 Å². The number of ether oxygens (including phenoxy) is 1. The summed E-state index contributed by atoms with van der Waals surface area (Å²) in [5.74, 6) is -0.180. The number of halogens is 1. The van der Waals surface area contributed by atoms with Crippen LogP contribution in [0.2, 0.25) is 5.02 Å². The first-order valence-corrected chi connectivity index (χ1v) is 10.5. The summed E-state index contributed by atoms with van der Waals surface area (Å²) in [4.78, 5) is 20.8. The number of aromatic nitrogens is 2. The van der Waals surface area contributed by atoms with Gasteiger partial charge in [0.25, 0.3) is 0 Å². The van der Waals surface area contributed by atoms with Crippen molar-refractivity contribution in [3.05, 3.63) is 35.6 Å². The predicted octanol–water partition coefficient (Wildman–Crippen LogP) is 3.57. The number of nitrogens with two attached hydrogens (primary N) is 1. The van der Waals surface area contributed by atoms with Gasteiger partial charge in [-0.05, 0) is 52.3 Å². The number of rotatable bonds is 4. The number of nitrogens with one attached hydrogen (secondary N) is 3. The molecule has 3 aromatic rings. The maximum absolute atomic E-state index is 13.3. The number of carbonyl (C=O) groups is 1.